The fraction of sp³-hybridized carbons (Fsp3) is 0.737. The maximum atomic E-state index is 12.6. The molecule has 0 aromatic carbocycles. The van der Waals surface area contributed by atoms with Crippen molar-refractivity contribution >= 4 is 17.7 Å². The molecule has 2 heterocycles. The molecule has 1 amide bonds. The second-order valence-electron chi connectivity index (χ2n) is 7.53. The molecular weight excluding hydrogens is 348 g/mol. The van der Waals surface area contributed by atoms with Gasteiger partial charge < -0.3 is 14.6 Å². The van der Waals surface area contributed by atoms with E-state index < -0.39 is 5.54 Å². The van der Waals surface area contributed by atoms with E-state index in [1.807, 2.05) is 27.7 Å². The molecule has 1 N–H and O–H groups in total. The Hall–Kier alpha value is -1.52. The predicted octanol–water partition coefficient (Wildman–Crippen LogP) is 3.21. The molecule has 144 valence electrons. The topological polar surface area (TPSA) is 79.9 Å². The average Bonchev–Trinajstić information content (AvgIpc) is 3.19. The van der Waals surface area contributed by atoms with Crippen LogP contribution in [0.15, 0.2) is 5.16 Å². The summed E-state index contributed by atoms with van der Waals surface area (Å²) < 4.78 is 7.92. The molecule has 2 rings (SSSR count). The minimum atomic E-state index is -0.870. The van der Waals surface area contributed by atoms with Crippen LogP contribution in [0, 0.1) is 31.1 Å². The van der Waals surface area contributed by atoms with Gasteiger partial charge in [0.05, 0.1) is 29.7 Å². The van der Waals surface area contributed by atoms with Crippen LogP contribution in [0.1, 0.15) is 51.9 Å². The van der Waals surface area contributed by atoms with Crippen molar-refractivity contribution in [2.45, 2.75) is 83.0 Å². The first-order valence-corrected chi connectivity index (χ1v) is 10.1. The van der Waals surface area contributed by atoms with Gasteiger partial charge in [0.15, 0.2) is 5.16 Å². The van der Waals surface area contributed by atoms with E-state index in [9.17, 15) is 10.1 Å². The highest BCUT2D eigenvalue weighted by molar-refractivity contribution is 8.00. The maximum absolute atomic E-state index is 12.6. The molecule has 1 fully saturated rings. The van der Waals surface area contributed by atoms with Crippen LogP contribution in [0.25, 0.3) is 0 Å². The van der Waals surface area contributed by atoms with E-state index in [4.69, 9.17) is 4.74 Å². The van der Waals surface area contributed by atoms with Gasteiger partial charge >= 0.3 is 0 Å². The summed E-state index contributed by atoms with van der Waals surface area (Å²) >= 11 is 1.43. The van der Waals surface area contributed by atoms with Crippen molar-refractivity contribution in [3.05, 3.63) is 11.4 Å². The van der Waals surface area contributed by atoms with Crippen LogP contribution in [0.2, 0.25) is 0 Å². The molecule has 0 bridgehead atoms. The highest BCUT2D eigenvalue weighted by Gasteiger charge is 2.32. The first-order chi connectivity index (χ1) is 12.2. The first kappa shape index (κ1) is 20.8. The Labute approximate surface area is 160 Å². The van der Waals surface area contributed by atoms with E-state index in [-0.39, 0.29) is 23.2 Å². The average molecular weight is 379 g/mol. The Bertz CT molecular complexity index is 688. The minimum Gasteiger partial charge on any atom is -0.376 e. The van der Waals surface area contributed by atoms with Crippen LogP contribution in [0.5, 0.6) is 0 Å². The van der Waals surface area contributed by atoms with Crippen LogP contribution in [-0.4, -0.2) is 39.0 Å². The van der Waals surface area contributed by atoms with E-state index in [1.54, 1.807) is 6.92 Å². The number of aromatic nitrogens is 2. The molecule has 0 unspecified atom stereocenters. The van der Waals surface area contributed by atoms with Gasteiger partial charge in [-0.3, -0.25) is 4.79 Å². The number of nitrogens with one attached hydrogen (secondary N) is 1. The smallest absolute Gasteiger partial charge is 0.234 e. The number of nitrogens with zero attached hydrogens (tertiary/aromatic N) is 3. The Morgan fingerprint density at radius 2 is 2.19 bits per heavy atom. The molecule has 7 heteroatoms. The second-order valence-corrected chi connectivity index (χ2v) is 8.84. The maximum Gasteiger partial charge on any atom is 0.234 e. The normalized spacial score (nSPS) is 20.6. The fourth-order valence-electron chi connectivity index (χ4n) is 2.79. The largest absolute Gasteiger partial charge is 0.376 e. The molecule has 1 aliphatic rings. The lowest BCUT2D eigenvalue weighted by Gasteiger charge is -2.28. The molecule has 0 aliphatic carbocycles. The van der Waals surface area contributed by atoms with Gasteiger partial charge in [-0.2, -0.15) is 5.26 Å². The number of ether oxygens (including phenoxy) is 1. The van der Waals surface area contributed by atoms with Gasteiger partial charge in [0.2, 0.25) is 5.91 Å². The van der Waals surface area contributed by atoms with Gasteiger partial charge in [-0.1, -0.05) is 25.6 Å². The zero-order valence-electron chi connectivity index (χ0n) is 16.6. The van der Waals surface area contributed by atoms with Crippen LogP contribution in [-0.2, 0) is 16.1 Å². The number of hydrogen-bond acceptors (Lipinski definition) is 5. The van der Waals surface area contributed by atoms with Gasteiger partial charge in [0, 0.05) is 12.3 Å². The third-order valence-corrected chi connectivity index (χ3v) is 6.34. The molecule has 1 saturated heterocycles. The summed E-state index contributed by atoms with van der Waals surface area (Å²) in [4.78, 5) is 17.3. The summed E-state index contributed by atoms with van der Waals surface area (Å²) in [5.41, 5.74) is 1.21. The molecule has 0 radical (unpaired) electrons. The van der Waals surface area contributed by atoms with E-state index in [0.29, 0.717) is 0 Å². The van der Waals surface area contributed by atoms with Crippen molar-refractivity contribution in [1.82, 2.24) is 14.9 Å². The number of carbonyl (C=O) groups is 1. The van der Waals surface area contributed by atoms with Crippen LogP contribution in [0.4, 0.5) is 0 Å². The minimum absolute atomic E-state index is 0.0274. The van der Waals surface area contributed by atoms with Crippen LogP contribution in [0.3, 0.4) is 0 Å². The molecule has 1 aromatic heterocycles. The number of thioether (sulfide) groups is 1. The Morgan fingerprint density at radius 3 is 2.73 bits per heavy atom. The summed E-state index contributed by atoms with van der Waals surface area (Å²) in [7, 11) is 0. The van der Waals surface area contributed by atoms with E-state index in [0.717, 1.165) is 42.5 Å². The van der Waals surface area contributed by atoms with E-state index in [2.05, 4.69) is 27.9 Å². The third kappa shape index (κ3) is 4.60. The van der Waals surface area contributed by atoms with E-state index in [1.165, 1.54) is 11.8 Å². The molecule has 0 saturated carbocycles. The molecule has 26 heavy (non-hydrogen) atoms. The summed E-state index contributed by atoms with van der Waals surface area (Å²) in [6.45, 7) is 13.1. The van der Waals surface area contributed by atoms with Crippen molar-refractivity contribution < 1.29 is 9.53 Å². The highest BCUT2D eigenvalue weighted by atomic mass is 32.2. The Kier molecular flexibility index (Phi) is 6.75. The van der Waals surface area contributed by atoms with Crippen molar-refractivity contribution in [3.63, 3.8) is 0 Å². The van der Waals surface area contributed by atoms with Gasteiger partial charge in [0.1, 0.15) is 5.54 Å². The lowest BCUT2D eigenvalue weighted by atomic mass is 9.90. The fourth-order valence-corrected chi connectivity index (χ4v) is 3.80. The number of hydrogen-bond donors (Lipinski definition) is 1. The van der Waals surface area contributed by atoms with Crippen molar-refractivity contribution in [2.24, 2.45) is 5.92 Å². The monoisotopic (exact) mass is 378 g/mol. The lowest BCUT2D eigenvalue weighted by molar-refractivity contribution is -0.121. The van der Waals surface area contributed by atoms with Crippen molar-refractivity contribution in [3.8, 4) is 6.07 Å². The molecule has 1 aliphatic heterocycles. The molecule has 0 spiro atoms. The SMILES string of the molecule is Cc1nc(S[C@H](C)C(=O)N[C@](C)(C#N)C(C)C)n(C[C@H]2CCCO2)c1C. The summed E-state index contributed by atoms with van der Waals surface area (Å²) in [6.07, 6.45) is 2.38. The highest BCUT2D eigenvalue weighted by Crippen LogP contribution is 2.28. The second kappa shape index (κ2) is 8.45. The van der Waals surface area contributed by atoms with Crippen molar-refractivity contribution in [2.75, 3.05) is 6.61 Å². The number of carbonyl (C=O) groups excluding carboxylic acids is 1. The standard InChI is InChI=1S/C19H30N4O2S/c1-12(2)19(6,11-20)22-17(24)15(5)26-18-21-13(3)14(4)23(18)10-16-8-7-9-25-16/h12,15-16H,7-10H2,1-6H3,(H,22,24)/t15-,16-,19-/m1/s1. The quantitative estimate of drug-likeness (QED) is 0.737. The van der Waals surface area contributed by atoms with Gasteiger partial charge in [-0.15, -0.1) is 0 Å². The molecule has 3 atom stereocenters. The Morgan fingerprint density at radius 1 is 1.50 bits per heavy atom. The third-order valence-electron chi connectivity index (χ3n) is 5.25. The van der Waals surface area contributed by atoms with Crippen LogP contribution < -0.4 is 5.32 Å². The first-order valence-electron chi connectivity index (χ1n) is 9.23. The van der Waals surface area contributed by atoms with Gasteiger partial charge in [0.25, 0.3) is 0 Å². The molecule has 1 aromatic rings. The lowest BCUT2D eigenvalue weighted by Crippen LogP contribution is -2.51. The van der Waals surface area contributed by atoms with Gasteiger partial charge in [-0.25, -0.2) is 4.98 Å². The predicted molar refractivity (Wildman–Crippen MR) is 103 cm³/mol. The number of nitriles is 1. The zero-order chi connectivity index (χ0) is 19.5. The van der Waals surface area contributed by atoms with Crippen molar-refractivity contribution in [1.29, 1.82) is 5.26 Å². The van der Waals surface area contributed by atoms with E-state index >= 15 is 0 Å². The zero-order valence-corrected chi connectivity index (χ0v) is 17.4. The number of imidazole rings is 1. The summed E-state index contributed by atoms with van der Waals surface area (Å²) in [5, 5.41) is 12.8. The van der Waals surface area contributed by atoms with Gasteiger partial charge in [-0.05, 0) is 46.5 Å². The Balaban J connectivity index is 2.11. The van der Waals surface area contributed by atoms with Crippen LogP contribution >= 0.6 is 11.8 Å². The summed E-state index contributed by atoms with van der Waals surface area (Å²) in [5.74, 6) is -0.116. The molecule has 6 nitrogen and oxygen atoms in total. The number of aryl methyl sites for hydroxylation is 1. The molecular formula is C19H30N4O2S. The number of rotatable bonds is 7. The summed E-state index contributed by atoms with van der Waals surface area (Å²) in [6, 6.07) is 2.22. The number of amides is 1.